The zero-order chi connectivity index (χ0) is 13.8. The van der Waals surface area contributed by atoms with Crippen LogP contribution in [0.25, 0.3) is 11.1 Å². The smallest absolute Gasteiger partial charge is 0.252 e. The van der Waals surface area contributed by atoms with E-state index in [1.807, 2.05) is 29.1 Å². The molecule has 0 unspecified atom stereocenters. The van der Waals surface area contributed by atoms with Crippen LogP contribution in [0.1, 0.15) is 10.4 Å². The van der Waals surface area contributed by atoms with Gasteiger partial charge in [-0.1, -0.05) is 0 Å². The van der Waals surface area contributed by atoms with Crippen LogP contribution in [0.2, 0.25) is 0 Å². The SMILES string of the molecule is O=C(NCCn1cc(-c2ccoc2)cn1)c1ccsc1. The molecule has 0 saturated heterocycles. The van der Waals surface area contributed by atoms with Crippen molar-refractivity contribution in [3.8, 4) is 11.1 Å². The molecule has 1 N–H and O–H groups in total. The van der Waals surface area contributed by atoms with Crippen molar-refractivity contribution in [2.24, 2.45) is 0 Å². The van der Waals surface area contributed by atoms with E-state index in [4.69, 9.17) is 4.42 Å². The number of nitrogens with one attached hydrogen (secondary N) is 1. The standard InChI is InChI=1S/C14H13N3O2S/c18-14(12-2-6-20-10-12)15-3-4-17-8-13(7-16-17)11-1-5-19-9-11/h1-2,5-10H,3-4H2,(H,15,18). The Kier molecular flexibility index (Phi) is 3.64. The Labute approximate surface area is 119 Å². The van der Waals surface area contributed by atoms with Gasteiger partial charge >= 0.3 is 0 Å². The topological polar surface area (TPSA) is 60.1 Å². The van der Waals surface area contributed by atoms with Gasteiger partial charge in [0.25, 0.3) is 5.91 Å². The Morgan fingerprint density at radius 2 is 2.35 bits per heavy atom. The van der Waals surface area contributed by atoms with Crippen LogP contribution in [0.5, 0.6) is 0 Å². The van der Waals surface area contributed by atoms with E-state index in [2.05, 4.69) is 10.4 Å². The average Bonchev–Trinajstić information content (AvgIpc) is 3.20. The molecule has 0 radical (unpaired) electrons. The molecule has 20 heavy (non-hydrogen) atoms. The van der Waals surface area contributed by atoms with Gasteiger partial charge in [-0.15, -0.1) is 0 Å². The minimum Gasteiger partial charge on any atom is -0.472 e. The van der Waals surface area contributed by atoms with E-state index >= 15 is 0 Å². The fraction of sp³-hybridized carbons (Fsp3) is 0.143. The van der Waals surface area contributed by atoms with Crippen molar-refractivity contribution in [1.29, 1.82) is 0 Å². The summed E-state index contributed by atoms with van der Waals surface area (Å²) >= 11 is 1.51. The summed E-state index contributed by atoms with van der Waals surface area (Å²) in [7, 11) is 0. The van der Waals surface area contributed by atoms with Crippen LogP contribution < -0.4 is 5.32 Å². The minimum atomic E-state index is -0.0477. The highest BCUT2D eigenvalue weighted by Crippen LogP contribution is 2.18. The molecule has 3 aromatic heterocycles. The highest BCUT2D eigenvalue weighted by atomic mass is 32.1. The van der Waals surface area contributed by atoms with Crippen molar-refractivity contribution in [3.63, 3.8) is 0 Å². The fourth-order valence-electron chi connectivity index (χ4n) is 1.84. The van der Waals surface area contributed by atoms with E-state index < -0.39 is 0 Å². The molecule has 0 aliphatic rings. The summed E-state index contributed by atoms with van der Waals surface area (Å²) < 4.78 is 6.84. The molecule has 3 aromatic rings. The Morgan fingerprint density at radius 3 is 3.10 bits per heavy atom. The second-order valence-corrected chi connectivity index (χ2v) is 5.05. The molecule has 102 valence electrons. The molecular weight excluding hydrogens is 274 g/mol. The van der Waals surface area contributed by atoms with Crippen molar-refractivity contribution in [1.82, 2.24) is 15.1 Å². The van der Waals surface area contributed by atoms with Crippen LogP contribution in [-0.2, 0) is 6.54 Å². The summed E-state index contributed by atoms with van der Waals surface area (Å²) in [4.78, 5) is 11.7. The Morgan fingerprint density at radius 1 is 1.40 bits per heavy atom. The maximum absolute atomic E-state index is 11.7. The first-order valence-corrected chi connectivity index (χ1v) is 7.12. The number of carbonyl (C=O) groups excluding carboxylic acids is 1. The van der Waals surface area contributed by atoms with Crippen LogP contribution >= 0.6 is 11.3 Å². The lowest BCUT2D eigenvalue weighted by molar-refractivity contribution is 0.0952. The number of hydrogen-bond donors (Lipinski definition) is 1. The van der Waals surface area contributed by atoms with E-state index in [0.29, 0.717) is 18.7 Å². The summed E-state index contributed by atoms with van der Waals surface area (Å²) in [6.07, 6.45) is 7.03. The number of rotatable bonds is 5. The zero-order valence-corrected chi connectivity index (χ0v) is 11.5. The molecular formula is C14H13N3O2S. The maximum Gasteiger partial charge on any atom is 0.252 e. The number of nitrogens with zero attached hydrogens (tertiary/aromatic N) is 2. The monoisotopic (exact) mass is 287 g/mol. The third kappa shape index (κ3) is 2.80. The molecule has 0 aliphatic carbocycles. The lowest BCUT2D eigenvalue weighted by Crippen LogP contribution is -2.26. The van der Waals surface area contributed by atoms with Crippen molar-refractivity contribution in [2.45, 2.75) is 6.54 Å². The molecule has 3 heterocycles. The van der Waals surface area contributed by atoms with Gasteiger partial charge in [-0.25, -0.2) is 0 Å². The first kappa shape index (κ1) is 12.7. The third-order valence-electron chi connectivity index (χ3n) is 2.90. The number of hydrogen-bond acceptors (Lipinski definition) is 4. The number of carbonyl (C=O) groups is 1. The Bertz CT molecular complexity index is 671. The van der Waals surface area contributed by atoms with Crippen LogP contribution in [-0.4, -0.2) is 22.2 Å². The van der Waals surface area contributed by atoms with Gasteiger partial charge in [-0.2, -0.15) is 16.4 Å². The molecule has 0 atom stereocenters. The van der Waals surface area contributed by atoms with E-state index in [-0.39, 0.29) is 5.91 Å². The van der Waals surface area contributed by atoms with Crippen molar-refractivity contribution < 1.29 is 9.21 Å². The van der Waals surface area contributed by atoms with Crippen LogP contribution in [0.3, 0.4) is 0 Å². The van der Waals surface area contributed by atoms with Crippen molar-refractivity contribution in [2.75, 3.05) is 6.54 Å². The van der Waals surface area contributed by atoms with Gasteiger partial charge in [0.05, 0.1) is 25.3 Å². The van der Waals surface area contributed by atoms with E-state index in [1.54, 1.807) is 23.4 Å². The van der Waals surface area contributed by atoms with Gasteiger partial charge in [-0.05, 0) is 17.5 Å². The van der Waals surface area contributed by atoms with Crippen LogP contribution in [0.15, 0.2) is 52.2 Å². The molecule has 1 amide bonds. The van der Waals surface area contributed by atoms with Gasteiger partial charge in [0, 0.05) is 34.8 Å². The third-order valence-corrected chi connectivity index (χ3v) is 3.58. The van der Waals surface area contributed by atoms with E-state index in [1.165, 1.54) is 11.3 Å². The summed E-state index contributed by atoms with van der Waals surface area (Å²) in [5.74, 6) is -0.0477. The van der Waals surface area contributed by atoms with Gasteiger partial charge in [0.1, 0.15) is 0 Å². The molecule has 0 saturated carbocycles. The molecule has 6 heteroatoms. The number of aromatic nitrogens is 2. The normalized spacial score (nSPS) is 10.6. The number of furan rings is 1. The lowest BCUT2D eigenvalue weighted by atomic mass is 10.2. The molecule has 0 aliphatic heterocycles. The van der Waals surface area contributed by atoms with Gasteiger partial charge in [0.15, 0.2) is 0 Å². The molecule has 5 nitrogen and oxygen atoms in total. The Balaban J connectivity index is 1.53. The van der Waals surface area contributed by atoms with Gasteiger partial charge < -0.3 is 9.73 Å². The average molecular weight is 287 g/mol. The summed E-state index contributed by atoms with van der Waals surface area (Å²) in [6, 6.07) is 3.70. The number of thiophene rings is 1. The molecule has 0 fully saturated rings. The summed E-state index contributed by atoms with van der Waals surface area (Å²) in [6.45, 7) is 1.18. The zero-order valence-electron chi connectivity index (χ0n) is 10.7. The molecule has 3 rings (SSSR count). The predicted octanol–water partition coefficient (Wildman–Crippen LogP) is 2.63. The summed E-state index contributed by atoms with van der Waals surface area (Å²) in [5.41, 5.74) is 2.70. The lowest BCUT2D eigenvalue weighted by Gasteiger charge is -2.03. The second-order valence-electron chi connectivity index (χ2n) is 4.27. The van der Waals surface area contributed by atoms with Gasteiger partial charge in [0.2, 0.25) is 0 Å². The number of amides is 1. The van der Waals surface area contributed by atoms with Crippen molar-refractivity contribution in [3.05, 3.63) is 53.4 Å². The van der Waals surface area contributed by atoms with Crippen molar-refractivity contribution >= 4 is 17.2 Å². The Hall–Kier alpha value is -2.34. The molecule has 0 spiro atoms. The maximum atomic E-state index is 11.7. The largest absolute Gasteiger partial charge is 0.472 e. The first-order valence-electron chi connectivity index (χ1n) is 6.18. The fourth-order valence-corrected chi connectivity index (χ4v) is 2.48. The molecule has 0 aromatic carbocycles. The first-order chi connectivity index (χ1) is 9.83. The summed E-state index contributed by atoms with van der Waals surface area (Å²) in [5, 5.41) is 10.8. The quantitative estimate of drug-likeness (QED) is 0.784. The molecule has 0 bridgehead atoms. The van der Waals surface area contributed by atoms with Crippen LogP contribution in [0.4, 0.5) is 0 Å². The van der Waals surface area contributed by atoms with E-state index in [0.717, 1.165) is 11.1 Å². The predicted molar refractivity (Wildman–Crippen MR) is 76.6 cm³/mol. The minimum absolute atomic E-state index is 0.0477. The van der Waals surface area contributed by atoms with Gasteiger partial charge in [-0.3, -0.25) is 9.48 Å². The highest BCUT2D eigenvalue weighted by Gasteiger charge is 2.06. The van der Waals surface area contributed by atoms with Crippen LogP contribution in [0, 0.1) is 0 Å². The van der Waals surface area contributed by atoms with E-state index in [9.17, 15) is 4.79 Å². The second kappa shape index (κ2) is 5.75. The highest BCUT2D eigenvalue weighted by molar-refractivity contribution is 7.08.